The van der Waals surface area contributed by atoms with Gasteiger partial charge in [0.25, 0.3) is 0 Å². The molecule has 0 amide bonds. The minimum atomic E-state index is 0.546. The van der Waals surface area contributed by atoms with Crippen molar-refractivity contribution in [1.29, 1.82) is 0 Å². The molecule has 180 valence electrons. The number of aromatic amines is 2. The number of aromatic nitrogens is 4. The average molecular weight is 475 g/mol. The quantitative estimate of drug-likeness (QED) is 0.238. The van der Waals surface area contributed by atoms with Gasteiger partial charge in [0.2, 0.25) is 0 Å². The minimum absolute atomic E-state index is 0.546. The zero-order valence-corrected chi connectivity index (χ0v) is 20.8. The Morgan fingerprint density at radius 3 is 2.53 bits per heavy atom. The molecule has 36 heavy (non-hydrogen) atoms. The smallest absolute Gasteiger partial charge is 0.128 e. The van der Waals surface area contributed by atoms with E-state index in [9.17, 15) is 0 Å². The molecule has 1 aliphatic rings. The van der Waals surface area contributed by atoms with Crippen LogP contribution >= 0.6 is 0 Å². The summed E-state index contributed by atoms with van der Waals surface area (Å²) in [5.41, 5.74) is 7.74. The van der Waals surface area contributed by atoms with Crippen LogP contribution in [-0.4, -0.2) is 19.9 Å². The van der Waals surface area contributed by atoms with Crippen LogP contribution in [0.2, 0.25) is 0 Å². The highest BCUT2D eigenvalue weighted by Crippen LogP contribution is 2.42. The second-order valence-corrected chi connectivity index (χ2v) is 9.29. The van der Waals surface area contributed by atoms with Gasteiger partial charge in [-0.15, -0.1) is 0 Å². The molecule has 0 unspecified atom stereocenters. The Balaban J connectivity index is 1.34. The van der Waals surface area contributed by atoms with E-state index in [0.29, 0.717) is 6.61 Å². The summed E-state index contributed by atoms with van der Waals surface area (Å²) in [5.74, 6) is 2.88. The Labute approximate surface area is 211 Å². The van der Waals surface area contributed by atoms with E-state index in [1.807, 2.05) is 6.20 Å². The number of hydrogen-bond acceptors (Lipinski definition) is 3. The molecule has 5 aromatic rings. The molecule has 0 radical (unpaired) electrons. The molecule has 0 spiro atoms. The summed E-state index contributed by atoms with van der Waals surface area (Å²) in [5, 5.41) is 2.36. The van der Waals surface area contributed by atoms with Gasteiger partial charge in [-0.1, -0.05) is 50.3 Å². The fourth-order valence-electron chi connectivity index (χ4n) is 4.93. The molecular weight excluding hydrogens is 444 g/mol. The van der Waals surface area contributed by atoms with Gasteiger partial charge in [-0.3, -0.25) is 0 Å². The second kappa shape index (κ2) is 9.50. The van der Waals surface area contributed by atoms with Crippen LogP contribution in [0.4, 0.5) is 0 Å². The van der Waals surface area contributed by atoms with E-state index in [1.165, 1.54) is 21.9 Å². The van der Waals surface area contributed by atoms with Crippen molar-refractivity contribution in [3.8, 4) is 28.1 Å². The number of imidazole rings is 2. The van der Waals surface area contributed by atoms with Crippen molar-refractivity contribution in [3.63, 3.8) is 0 Å². The molecule has 6 rings (SSSR count). The first kappa shape index (κ1) is 22.4. The SMILES string of the molecule is CCC=CCc1ncc(-c2ccc3c(c2)OCc2cc4c(ccc5[nH]c(CC=CCC)nc54)cc2-3)[nH]1. The molecule has 5 heteroatoms. The van der Waals surface area contributed by atoms with Crippen molar-refractivity contribution in [2.45, 2.75) is 46.1 Å². The molecular formula is C31H30N4O. The fourth-order valence-corrected chi connectivity index (χ4v) is 4.93. The van der Waals surface area contributed by atoms with E-state index >= 15 is 0 Å². The molecule has 3 heterocycles. The first-order chi connectivity index (χ1) is 17.7. The van der Waals surface area contributed by atoms with Gasteiger partial charge < -0.3 is 14.7 Å². The van der Waals surface area contributed by atoms with Crippen molar-refractivity contribution in [3.05, 3.63) is 90.2 Å². The lowest BCUT2D eigenvalue weighted by atomic mass is 9.92. The third kappa shape index (κ3) is 4.11. The topological polar surface area (TPSA) is 66.6 Å². The number of nitrogens with zero attached hydrogens (tertiary/aromatic N) is 2. The van der Waals surface area contributed by atoms with Crippen molar-refractivity contribution in [1.82, 2.24) is 19.9 Å². The largest absolute Gasteiger partial charge is 0.488 e. The number of H-pyrrole nitrogens is 2. The molecule has 0 aliphatic carbocycles. The third-order valence-corrected chi connectivity index (χ3v) is 6.76. The van der Waals surface area contributed by atoms with Gasteiger partial charge in [-0.05, 0) is 59.7 Å². The minimum Gasteiger partial charge on any atom is -0.488 e. The number of hydrogen-bond donors (Lipinski definition) is 2. The molecule has 0 saturated heterocycles. The summed E-state index contributed by atoms with van der Waals surface area (Å²) < 4.78 is 6.25. The van der Waals surface area contributed by atoms with Crippen molar-refractivity contribution in [2.75, 3.05) is 0 Å². The van der Waals surface area contributed by atoms with Crippen LogP contribution in [0.25, 0.3) is 44.2 Å². The molecule has 0 saturated carbocycles. The maximum atomic E-state index is 6.25. The molecule has 0 bridgehead atoms. The Kier molecular flexibility index (Phi) is 5.90. The Morgan fingerprint density at radius 2 is 1.69 bits per heavy atom. The van der Waals surface area contributed by atoms with Crippen LogP contribution in [0.3, 0.4) is 0 Å². The van der Waals surface area contributed by atoms with Crippen LogP contribution in [0.1, 0.15) is 43.9 Å². The molecule has 2 aromatic heterocycles. The van der Waals surface area contributed by atoms with Crippen LogP contribution in [0.5, 0.6) is 5.75 Å². The lowest BCUT2D eigenvalue weighted by Gasteiger charge is -2.22. The molecule has 5 nitrogen and oxygen atoms in total. The van der Waals surface area contributed by atoms with E-state index in [2.05, 4.69) is 95.6 Å². The first-order valence-electron chi connectivity index (χ1n) is 12.8. The summed E-state index contributed by atoms with van der Waals surface area (Å²) in [6.07, 6.45) is 14.3. The molecule has 1 aliphatic heterocycles. The number of benzene rings is 3. The summed E-state index contributed by atoms with van der Waals surface area (Å²) >= 11 is 0. The van der Waals surface area contributed by atoms with Crippen LogP contribution in [0.15, 0.2) is 73.0 Å². The van der Waals surface area contributed by atoms with Gasteiger partial charge in [0.15, 0.2) is 0 Å². The van der Waals surface area contributed by atoms with Gasteiger partial charge in [-0.25, -0.2) is 9.97 Å². The van der Waals surface area contributed by atoms with Gasteiger partial charge in [0.1, 0.15) is 24.0 Å². The third-order valence-electron chi connectivity index (χ3n) is 6.76. The Bertz CT molecular complexity index is 1620. The van der Waals surface area contributed by atoms with Crippen LogP contribution < -0.4 is 4.74 Å². The number of rotatable bonds is 7. The lowest BCUT2D eigenvalue weighted by molar-refractivity contribution is 0.302. The number of nitrogens with one attached hydrogen (secondary N) is 2. The average Bonchev–Trinajstić information content (AvgIpc) is 3.55. The van der Waals surface area contributed by atoms with E-state index in [4.69, 9.17) is 9.72 Å². The standard InChI is InChI=1S/C31H30N4O/c1-3-5-7-9-29-32-18-27(34-29)21-11-13-23-24-15-20-12-14-26-31(35-30(33-26)10-8-6-4-2)25(20)16-22(24)19-36-28(23)17-21/h5-8,11-18H,3-4,9-10,19H2,1-2H3,(H,32,34)(H,33,35). The molecule has 0 fully saturated rings. The zero-order valence-electron chi connectivity index (χ0n) is 20.8. The number of fused-ring (bicyclic) bond motifs is 6. The predicted octanol–water partition coefficient (Wildman–Crippen LogP) is 7.68. The lowest BCUT2D eigenvalue weighted by Crippen LogP contribution is -2.05. The molecule has 0 atom stereocenters. The van der Waals surface area contributed by atoms with Crippen molar-refractivity contribution in [2.24, 2.45) is 0 Å². The first-order valence-corrected chi connectivity index (χ1v) is 12.8. The maximum Gasteiger partial charge on any atom is 0.128 e. The van der Waals surface area contributed by atoms with E-state index < -0.39 is 0 Å². The molecule has 3 aromatic carbocycles. The summed E-state index contributed by atoms with van der Waals surface area (Å²) in [6, 6.07) is 15.3. The predicted molar refractivity (Wildman–Crippen MR) is 147 cm³/mol. The highest BCUT2D eigenvalue weighted by atomic mass is 16.5. The van der Waals surface area contributed by atoms with Gasteiger partial charge in [0, 0.05) is 29.4 Å². The fraction of sp³-hybridized carbons (Fsp3) is 0.226. The van der Waals surface area contributed by atoms with E-state index in [-0.39, 0.29) is 0 Å². The summed E-state index contributed by atoms with van der Waals surface area (Å²) in [6.45, 7) is 4.83. The van der Waals surface area contributed by atoms with E-state index in [1.54, 1.807) is 0 Å². The Morgan fingerprint density at radius 1 is 0.861 bits per heavy atom. The highest BCUT2D eigenvalue weighted by molar-refractivity contribution is 6.06. The van der Waals surface area contributed by atoms with Crippen molar-refractivity contribution < 1.29 is 4.74 Å². The Hall–Kier alpha value is -4.12. The van der Waals surface area contributed by atoms with Gasteiger partial charge >= 0.3 is 0 Å². The zero-order chi connectivity index (χ0) is 24.5. The van der Waals surface area contributed by atoms with E-state index in [0.717, 1.165) is 70.9 Å². The van der Waals surface area contributed by atoms with Crippen LogP contribution in [0, 0.1) is 0 Å². The number of allylic oxidation sites excluding steroid dienone is 4. The maximum absolute atomic E-state index is 6.25. The van der Waals surface area contributed by atoms with Gasteiger partial charge in [0.05, 0.1) is 22.9 Å². The van der Waals surface area contributed by atoms with Gasteiger partial charge in [-0.2, -0.15) is 0 Å². The monoisotopic (exact) mass is 474 g/mol. The second-order valence-electron chi connectivity index (χ2n) is 9.29. The number of ether oxygens (including phenoxy) is 1. The highest BCUT2D eigenvalue weighted by Gasteiger charge is 2.20. The van der Waals surface area contributed by atoms with Crippen molar-refractivity contribution >= 4 is 21.8 Å². The molecule has 2 N–H and O–H groups in total. The summed E-state index contributed by atoms with van der Waals surface area (Å²) in [7, 11) is 0. The normalized spacial score (nSPS) is 13.1. The van der Waals surface area contributed by atoms with Crippen LogP contribution in [-0.2, 0) is 19.4 Å². The summed E-state index contributed by atoms with van der Waals surface area (Å²) in [4.78, 5) is 16.4.